The summed E-state index contributed by atoms with van der Waals surface area (Å²) in [5.41, 5.74) is 0.737. The van der Waals surface area contributed by atoms with Gasteiger partial charge in [0.1, 0.15) is 0 Å². The Bertz CT molecular complexity index is 479. The highest BCUT2D eigenvalue weighted by atomic mass is 16.3. The first-order valence-electron chi connectivity index (χ1n) is 7.24. The monoisotopic (exact) mass is 292 g/mol. The Morgan fingerprint density at radius 1 is 1.14 bits per heavy atom. The van der Waals surface area contributed by atoms with E-state index in [4.69, 9.17) is 0 Å². The number of carbonyl (C=O) groups excluding carboxylic acids is 2. The lowest BCUT2D eigenvalue weighted by molar-refractivity contribution is -0.121. The molecule has 1 aromatic carbocycles. The number of benzene rings is 1. The van der Waals surface area contributed by atoms with E-state index >= 15 is 0 Å². The number of rotatable bonds is 7. The Labute approximate surface area is 125 Å². The Morgan fingerprint density at radius 2 is 1.71 bits per heavy atom. The number of carbonyl (C=O) groups is 2. The molecule has 5 nitrogen and oxygen atoms in total. The van der Waals surface area contributed by atoms with Gasteiger partial charge >= 0.3 is 0 Å². The van der Waals surface area contributed by atoms with Crippen molar-refractivity contribution in [1.29, 1.82) is 0 Å². The van der Waals surface area contributed by atoms with Crippen LogP contribution in [0.5, 0.6) is 0 Å². The van der Waals surface area contributed by atoms with Crippen LogP contribution in [0.1, 0.15) is 39.2 Å². The fraction of sp³-hybridized carbons (Fsp3) is 0.500. The van der Waals surface area contributed by atoms with Crippen LogP contribution in [0.2, 0.25) is 0 Å². The number of hydrogen-bond acceptors (Lipinski definition) is 3. The Hall–Kier alpha value is -1.88. The molecule has 1 rings (SSSR count). The summed E-state index contributed by atoms with van der Waals surface area (Å²) in [6.45, 7) is 5.51. The number of hydrogen-bond donors (Lipinski definition) is 3. The van der Waals surface area contributed by atoms with Crippen molar-refractivity contribution >= 4 is 17.5 Å². The summed E-state index contributed by atoms with van der Waals surface area (Å²) in [4.78, 5) is 22.8. The molecule has 2 amide bonds. The van der Waals surface area contributed by atoms with Crippen LogP contribution in [0.25, 0.3) is 0 Å². The Morgan fingerprint density at radius 3 is 2.19 bits per heavy atom. The van der Waals surface area contributed by atoms with Gasteiger partial charge in [0.05, 0.1) is 12.0 Å². The van der Waals surface area contributed by atoms with Crippen molar-refractivity contribution in [3.05, 3.63) is 29.8 Å². The van der Waals surface area contributed by atoms with Crippen molar-refractivity contribution < 1.29 is 14.7 Å². The number of amides is 2. The zero-order valence-electron chi connectivity index (χ0n) is 12.9. The fourth-order valence-corrected chi connectivity index (χ4v) is 1.92. The van der Waals surface area contributed by atoms with Crippen LogP contribution in [0, 0.1) is 0 Å². The highest BCUT2D eigenvalue weighted by Gasteiger charge is 2.22. The van der Waals surface area contributed by atoms with Gasteiger partial charge in [-0.25, -0.2) is 0 Å². The molecule has 0 saturated heterocycles. The smallest absolute Gasteiger partial charge is 0.224 e. The molecular weight excluding hydrogens is 268 g/mol. The third-order valence-corrected chi connectivity index (χ3v) is 3.57. The largest absolute Gasteiger partial charge is 0.388 e. The van der Waals surface area contributed by atoms with Gasteiger partial charge in [0.25, 0.3) is 0 Å². The van der Waals surface area contributed by atoms with Crippen LogP contribution < -0.4 is 10.6 Å². The third kappa shape index (κ3) is 5.95. The molecule has 0 heterocycles. The molecule has 0 fully saturated rings. The minimum absolute atomic E-state index is 0.123. The van der Waals surface area contributed by atoms with Crippen molar-refractivity contribution in [2.75, 3.05) is 11.9 Å². The van der Waals surface area contributed by atoms with E-state index in [9.17, 15) is 14.7 Å². The van der Waals surface area contributed by atoms with E-state index in [1.54, 1.807) is 24.3 Å². The summed E-state index contributed by atoms with van der Waals surface area (Å²) < 4.78 is 0. The van der Waals surface area contributed by atoms with Crippen LogP contribution in [0.4, 0.5) is 5.69 Å². The molecule has 1 aromatic rings. The lowest BCUT2D eigenvalue weighted by Gasteiger charge is -2.25. The van der Waals surface area contributed by atoms with Gasteiger partial charge in [-0.3, -0.25) is 9.59 Å². The van der Waals surface area contributed by atoms with Crippen molar-refractivity contribution in [2.45, 2.75) is 45.6 Å². The number of anilines is 1. The van der Waals surface area contributed by atoms with E-state index < -0.39 is 5.60 Å². The molecular formula is C16H24N2O3. The average molecular weight is 292 g/mol. The van der Waals surface area contributed by atoms with Gasteiger partial charge in [-0.1, -0.05) is 26.0 Å². The molecule has 0 radical (unpaired) electrons. The Balaban J connectivity index is 2.49. The van der Waals surface area contributed by atoms with E-state index in [1.165, 1.54) is 6.92 Å². The molecule has 0 bridgehead atoms. The normalized spacial score (nSPS) is 11.0. The number of aliphatic hydroxyl groups is 1. The van der Waals surface area contributed by atoms with Crippen molar-refractivity contribution in [3.63, 3.8) is 0 Å². The predicted molar refractivity (Wildman–Crippen MR) is 83.0 cm³/mol. The van der Waals surface area contributed by atoms with Crippen LogP contribution in [-0.2, 0) is 16.0 Å². The lowest BCUT2D eigenvalue weighted by atomic mass is 9.97. The second-order valence-electron chi connectivity index (χ2n) is 5.26. The molecule has 0 atom stereocenters. The first kappa shape index (κ1) is 17.2. The standard InChI is InChI=1S/C16H24N2O3/c1-4-16(21,5-2)11-17-15(20)10-13-6-8-14(9-7-13)18-12(3)19/h6-9,21H,4-5,10-11H2,1-3H3,(H,17,20)(H,18,19). The van der Waals surface area contributed by atoms with E-state index in [0.29, 0.717) is 18.5 Å². The predicted octanol–water partition coefficient (Wildman–Crippen LogP) is 1.85. The first-order valence-corrected chi connectivity index (χ1v) is 7.24. The molecule has 0 saturated carbocycles. The van der Waals surface area contributed by atoms with Crippen molar-refractivity contribution in [3.8, 4) is 0 Å². The molecule has 21 heavy (non-hydrogen) atoms. The second-order valence-corrected chi connectivity index (χ2v) is 5.26. The molecule has 0 spiro atoms. The minimum atomic E-state index is -0.828. The molecule has 3 N–H and O–H groups in total. The summed E-state index contributed by atoms with van der Waals surface area (Å²) in [7, 11) is 0. The topological polar surface area (TPSA) is 78.4 Å². The van der Waals surface area contributed by atoms with E-state index in [0.717, 1.165) is 5.56 Å². The fourth-order valence-electron chi connectivity index (χ4n) is 1.92. The van der Waals surface area contributed by atoms with Gasteiger partial charge in [-0.05, 0) is 30.5 Å². The first-order chi connectivity index (χ1) is 9.88. The maximum absolute atomic E-state index is 11.9. The van der Waals surface area contributed by atoms with E-state index in [1.807, 2.05) is 13.8 Å². The van der Waals surface area contributed by atoms with Gasteiger partial charge in [-0.15, -0.1) is 0 Å². The zero-order valence-corrected chi connectivity index (χ0v) is 12.9. The summed E-state index contributed by atoms with van der Waals surface area (Å²) in [5.74, 6) is -0.249. The highest BCUT2D eigenvalue weighted by molar-refractivity contribution is 5.88. The molecule has 5 heteroatoms. The third-order valence-electron chi connectivity index (χ3n) is 3.57. The van der Waals surface area contributed by atoms with Crippen LogP contribution in [-0.4, -0.2) is 29.1 Å². The van der Waals surface area contributed by atoms with Gasteiger partial charge in [-0.2, -0.15) is 0 Å². The summed E-state index contributed by atoms with van der Waals surface area (Å²) >= 11 is 0. The van der Waals surface area contributed by atoms with E-state index in [2.05, 4.69) is 10.6 Å². The molecule has 116 valence electrons. The molecule has 0 unspecified atom stereocenters. The van der Waals surface area contributed by atoms with Crippen molar-refractivity contribution in [1.82, 2.24) is 5.32 Å². The van der Waals surface area contributed by atoms with Gasteiger partial charge in [0, 0.05) is 19.2 Å². The van der Waals surface area contributed by atoms with Crippen molar-refractivity contribution in [2.24, 2.45) is 0 Å². The summed E-state index contributed by atoms with van der Waals surface area (Å²) in [6.07, 6.45) is 1.47. The van der Waals surface area contributed by atoms with Crippen LogP contribution >= 0.6 is 0 Å². The lowest BCUT2D eigenvalue weighted by Crippen LogP contribution is -2.42. The quantitative estimate of drug-likeness (QED) is 0.717. The van der Waals surface area contributed by atoms with E-state index in [-0.39, 0.29) is 24.8 Å². The summed E-state index contributed by atoms with van der Waals surface area (Å²) in [5, 5.41) is 15.5. The molecule has 0 aliphatic heterocycles. The maximum atomic E-state index is 11.9. The number of nitrogens with one attached hydrogen (secondary N) is 2. The molecule has 0 aromatic heterocycles. The van der Waals surface area contributed by atoms with Gasteiger partial charge in [0.15, 0.2) is 0 Å². The molecule has 0 aliphatic rings. The SMILES string of the molecule is CCC(O)(CC)CNC(=O)Cc1ccc(NC(C)=O)cc1. The summed E-state index contributed by atoms with van der Waals surface area (Å²) in [6, 6.07) is 7.13. The maximum Gasteiger partial charge on any atom is 0.224 e. The zero-order chi connectivity index (χ0) is 15.9. The average Bonchev–Trinajstić information content (AvgIpc) is 2.46. The van der Waals surface area contributed by atoms with Crippen LogP contribution in [0.15, 0.2) is 24.3 Å². The minimum Gasteiger partial charge on any atom is -0.388 e. The van der Waals surface area contributed by atoms with Crippen LogP contribution in [0.3, 0.4) is 0 Å². The molecule has 0 aliphatic carbocycles. The van der Waals surface area contributed by atoms with Gasteiger partial charge in [0.2, 0.25) is 11.8 Å². The Kier molecular flexibility index (Phi) is 6.37. The highest BCUT2D eigenvalue weighted by Crippen LogP contribution is 2.13. The van der Waals surface area contributed by atoms with Gasteiger partial charge < -0.3 is 15.7 Å². The second kappa shape index (κ2) is 7.78.